The molecule has 0 unspecified atom stereocenters. The van der Waals surface area contributed by atoms with Crippen molar-refractivity contribution in [3.05, 3.63) is 53.7 Å². The molecule has 2 aliphatic rings. The lowest BCUT2D eigenvalue weighted by molar-refractivity contribution is 0.189. The molecule has 0 amide bonds. The molecule has 0 bridgehead atoms. The second-order valence-electron chi connectivity index (χ2n) is 8.46. The summed E-state index contributed by atoms with van der Waals surface area (Å²) in [5.74, 6) is 0. The number of aromatic nitrogens is 1. The fraction of sp³-hybridized carbons (Fsp3) is 0.400. The van der Waals surface area contributed by atoms with E-state index in [-0.39, 0.29) is 6.61 Å². The predicted octanol–water partition coefficient (Wildman–Crippen LogP) is 3.48. The predicted molar refractivity (Wildman–Crippen MR) is 124 cm³/mol. The van der Waals surface area contributed by atoms with Gasteiger partial charge in [-0.05, 0) is 60.6 Å². The molecule has 1 saturated heterocycles. The van der Waals surface area contributed by atoms with Crippen LogP contribution >= 0.6 is 0 Å². The van der Waals surface area contributed by atoms with Crippen molar-refractivity contribution in [3.63, 3.8) is 0 Å². The van der Waals surface area contributed by atoms with Gasteiger partial charge in [0.25, 0.3) is 0 Å². The number of piperazine rings is 1. The second-order valence-corrected chi connectivity index (χ2v) is 8.46. The van der Waals surface area contributed by atoms with Crippen LogP contribution in [0.25, 0.3) is 22.0 Å². The maximum Gasteiger partial charge on any atom is 0.0711 e. The summed E-state index contributed by atoms with van der Waals surface area (Å²) in [5, 5.41) is 10.4. The highest BCUT2D eigenvalue weighted by Gasteiger charge is 2.22. The molecule has 5 heteroatoms. The van der Waals surface area contributed by atoms with Crippen LogP contribution in [0.1, 0.15) is 24.1 Å². The average molecular weight is 403 g/mol. The molecule has 0 saturated carbocycles. The monoisotopic (exact) mass is 402 g/mol. The molecule has 1 aliphatic carbocycles. The summed E-state index contributed by atoms with van der Waals surface area (Å²) >= 11 is 0. The van der Waals surface area contributed by atoms with Crippen LogP contribution in [0.3, 0.4) is 0 Å². The lowest BCUT2D eigenvalue weighted by Gasteiger charge is -2.36. The van der Waals surface area contributed by atoms with Gasteiger partial charge in [0.2, 0.25) is 0 Å². The molecule has 2 aromatic carbocycles. The molecule has 0 atom stereocenters. The Morgan fingerprint density at radius 2 is 1.77 bits per heavy atom. The van der Waals surface area contributed by atoms with Gasteiger partial charge >= 0.3 is 0 Å². The average Bonchev–Trinajstić information content (AvgIpc) is 2.78. The van der Waals surface area contributed by atoms with Gasteiger partial charge in [-0.15, -0.1) is 0 Å². The fourth-order valence-electron chi connectivity index (χ4n) is 5.05. The van der Waals surface area contributed by atoms with Crippen LogP contribution in [-0.2, 0) is 12.8 Å². The third kappa shape index (κ3) is 3.53. The molecule has 2 heterocycles. The molecule has 1 aliphatic heterocycles. The van der Waals surface area contributed by atoms with E-state index >= 15 is 0 Å². The van der Waals surface area contributed by atoms with Crippen molar-refractivity contribution >= 4 is 22.3 Å². The number of para-hydroxylation sites is 1. The topological polar surface area (TPSA) is 65.6 Å². The van der Waals surface area contributed by atoms with Crippen LogP contribution in [0, 0.1) is 0 Å². The standard InChI is InChI=1S/C25H30N4O/c26-21-17-18(9-10-24(21)29-13-11-28(12-14-29)15-16-30)25-19-5-1-3-7-22(19)27-23-8-4-2-6-20(23)25/h1,3,5,7,9-10,17,30H,2,4,6,8,11-16,26H2. The molecular weight excluding hydrogens is 372 g/mol. The van der Waals surface area contributed by atoms with E-state index in [4.69, 9.17) is 15.8 Å². The molecule has 3 N–H and O–H groups in total. The van der Waals surface area contributed by atoms with Crippen molar-refractivity contribution in [3.8, 4) is 11.1 Å². The third-order valence-electron chi connectivity index (χ3n) is 6.61. The number of β-amino-alcohol motifs (C(OH)–C–C–N with tert-alkyl or cyclic N) is 1. The highest BCUT2D eigenvalue weighted by molar-refractivity contribution is 5.97. The van der Waals surface area contributed by atoms with E-state index in [1.165, 1.54) is 40.6 Å². The van der Waals surface area contributed by atoms with Gasteiger partial charge in [-0.1, -0.05) is 24.3 Å². The Morgan fingerprint density at radius 1 is 0.967 bits per heavy atom. The van der Waals surface area contributed by atoms with Crippen molar-refractivity contribution in [2.24, 2.45) is 0 Å². The number of nitrogen functional groups attached to an aromatic ring is 1. The number of hydrogen-bond donors (Lipinski definition) is 2. The van der Waals surface area contributed by atoms with Gasteiger partial charge in [-0.2, -0.15) is 0 Å². The first-order valence-electron chi connectivity index (χ1n) is 11.1. The summed E-state index contributed by atoms with van der Waals surface area (Å²) in [5.41, 5.74) is 14.8. The van der Waals surface area contributed by atoms with Gasteiger partial charge in [0.1, 0.15) is 0 Å². The first-order chi connectivity index (χ1) is 14.7. The highest BCUT2D eigenvalue weighted by Crippen LogP contribution is 2.39. The summed E-state index contributed by atoms with van der Waals surface area (Å²) in [6, 6.07) is 15.1. The smallest absolute Gasteiger partial charge is 0.0711 e. The fourth-order valence-corrected chi connectivity index (χ4v) is 5.05. The number of anilines is 2. The zero-order valence-corrected chi connectivity index (χ0v) is 17.5. The van der Waals surface area contributed by atoms with Crippen LogP contribution in [0.15, 0.2) is 42.5 Å². The van der Waals surface area contributed by atoms with Gasteiger partial charge in [0.15, 0.2) is 0 Å². The van der Waals surface area contributed by atoms with E-state index in [0.29, 0.717) is 0 Å². The van der Waals surface area contributed by atoms with E-state index in [1.807, 2.05) is 0 Å². The van der Waals surface area contributed by atoms with Crippen LogP contribution in [0.5, 0.6) is 0 Å². The van der Waals surface area contributed by atoms with Crippen molar-refractivity contribution in [1.29, 1.82) is 0 Å². The van der Waals surface area contributed by atoms with E-state index < -0.39 is 0 Å². The van der Waals surface area contributed by atoms with E-state index in [2.05, 4.69) is 52.3 Å². The van der Waals surface area contributed by atoms with E-state index in [1.54, 1.807) is 0 Å². The summed E-state index contributed by atoms with van der Waals surface area (Å²) in [6.45, 7) is 4.78. The molecule has 0 spiro atoms. The summed E-state index contributed by atoms with van der Waals surface area (Å²) < 4.78 is 0. The Hall–Kier alpha value is -2.63. The van der Waals surface area contributed by atoms with Crippen LogP contribution in [0.2, 0.25) is 0 Å². The normalized spacial score (nSPS) is 17.3. The van der Waals surface area contributed by atoms with Gasteiger partial charge in [-0.25, -0.2) is 0 Å². The highest BCUT2D eigenvalue weighted by atomic mass is 16.3. The van der Waals surface area contributed by atoms with E-state index in [9.17, 15) is 0 Å². The first-order valence-corrected chi connectivity index (χ1v) is 11.1. The maximum atomic E-state index is 9.16. The quantitative estimate of drug-likeness (QED) is 0.654. The van der Waals surface area contributed by atoms with Crippen molar-refractivity contribution in [1.82, 2.24) is 9.88 Å². The van der Waals surface area contributed by atoms with Crippen LogP contribution in [0.4, 0.5) is 11.4 Å². The number of benzene rings is 2. The Morgan fingerprint density at radius 3 is 2.57 bits per heavy atom. The molecule has 30 heavy (non-hydrogen) atoms. The second kappa shape index (κ2) is 8.25. The minimum Gasteiger partial charge on any atom is -0.397 e. The van der Waals surface area contributed by atoms with Gasteiger partial charge in [-0.3, -0.25) is 9.88 Å². The number of fused-ring (bicyclic) bond motifs is 2. The molecule has 0 radical (unpaired) electrons. The number of nitrogens with zero attached hydrogens (tertiary/aromatic N) is 3. The number of nitrogens with two attached hydrogens (primary N) is 1. The summed E-state index contributed by atoms with van der Waals surface area (Å²) in [7, 11) is 0. The lowest BCUT2D eigenvalue weighted by Crippen LogP contribution is -2.47. The number of aliphatic hydroxyl groups is 1. The number of aryl methyl sites for hydroxylation is 1. The van der Waals surface area contributed by atoms with Crippen molar-refractivity contribution in [2.45, 2.75) is 25.7 Å². The minimum absolute atomic E-state index is 0.223. The minimum atomic E-state index is 0.223. The SMILES string of the molecule is Nc1cc(-c2c3c(nc4ccccc24)CCCC3)ccc1N1CCN(CCO)CC1. The Balaban J connectivity index is 1.52. The number of pyridine rings is 1. The Kier molecular flexibility index (Phi) is 5.32. The molecule has 1 fully saturated rings. The molecule has 1 aromatic heterocycles. The molecule has 3 aromatic rings. The van der Waals surface area contributed by atoms with Gasteiger partial charge in [0, 0.05) is 43.8 Å². The molecular formula is C25H30N4O. The lowest BCUT2D eigenvalue weighted by atomic mass is 9.86. The molecule has 5 nitrogen and oxygen atoms in total. The van der Waals surface area contributed by atoms with E-state index in [0.717, 1.165) is 62.5 Å². The van der Waals surface area contributed by atoms with Crippen LogP contribution < -0.4 is 10.6 Å². The Labute approximate surface area is 178 Å². The van der Waals surface area contributed by atoms with Crippen molar-refractivity contribution < 1.29 is 5.11 Å². The Bertz CT molecular complexity index is 1060. The van der Waals surface area contributed by atoms with Crippen molar-refractivity contribution in [2.75, 3.05) is 50.0 Å². The van der Waals surface area contributed by atoms with Gasteiger partial charge in [0.05, 0.1) is 23.5 Å². The first kappa shape index (κ1) is 19.3. The van der Waals surface area contributed by atoms with Crippen LogP contribution in [-0.4, -0.2) is 54.3 Å². The molecule has 156 valence electrons. The largest absolute Gasteiger partial charge is 0.397 e. The van der Waals surface area contributed by atoms with Gasteiger partial charge < -0.3 is 15.7 Å². The zero-order valence-electron chi connectivity index (χ0n) is 17.5. The third-order valence-corrected chi connectivity index (χ3v) is 6.61. The number of rotatable bonds is 4. The molecule has 5 rings (SSSR count). The maximum absolute atomic E-state index is 9.16. The zero-order chi connectivity index (χ0) is 20.5. The summed E-state index contributed by atoms with van der Waals surface area (Å²) in [4.78, 5) is 9.65. The number of aliphatic hydroxyl groups excluding tert-OH is 1. The number of hydrogen-bond acceptors (Lipinski definition) is 5. The summed E-state index contributed by atoms with van der Waals surface area (Å²) in [6.07, 6.45) is 4.61.